The van der Waals surface area contributed by atoms with E-state index in [4.69, 9.17) is 19.3 Å². The van der Waals surface area contributed by atoms with E-state index in [9.17, 15) is 4.79 Å². The molecule has 0 fully saturated rings. The molecule has 0 amide bonds. The summed E-state index contributed by atoms with van der Waals surface area (Å²) in [5, 5.41) is 8.52. The molecule has 0 aromatic rings. The van der Waals surface area contributed by atoms with E-state index in [1.165, 1.54) is 0 Å². The van der Waals surface area contributed by atoms with E-state index in [1.807, 2.05) is 0 Å². The number of esters is 1. The normalized spacial score (nSPS) is 10.7. The molecule has 90 valence electrons. The van der Waals surface area contributed by atoms with Crippen molar-refractivity contribution in [2.24, 2.45) is 0 Å². The minimum absolute atomic E-state index is 0.109. The summed E-state index contributed by atoms with van der Waals surface area (Å²) in [7, 11) is 0. The molecule has 0 aliphatic rings. The largest absolute Gasteiger partial charge is 0.462 e. The van der Waals surface area contributed by atoms with Gasteiger partial charge in [-0.1, -0.05) is 0 Å². The molecule has 0 bridgehead atoms. The van der Waals surface area contributed by atoms with Crippen molar-refractivity contribution < 1.29 is 24.1 Å². The van der Waals surface area contributed by atoms with Gasteiger partial charge in [0.25, 0.3) is 6.29 Å². The van der Waals surface area contributed by atoms with E-state index in [2.05, 4.69) is 0 Å². The summed E-state index contributed by atoms with van der Waals surface area (Å²) in [5.74, 6) is -0.503. The molecule has 0 radical (unpaired) electrons. The first kappa shape index (κ1) is 14.3. The van der Waals surface area contributed by atoms with Gasteiger partial charge in [-0.25, -0.2) is 4.79 Å². The van der Waals surface area contributed by atoms with Gasteiger partial charge in [0, 0.05) is 19.8 Å². The molecule has 5 heteroatoms. The van der Waals surface area contributed by atoms with Crippen LogP contribution in [0.2, 0.25) is 0 Å². The Morgan fingerprint density at radius 3 is 2.27 bits per heavy atom. The lowest BCUT2D eigenvalue weighted by atomic mass is 10.3. The zero-order chi connectivity index (χ0) is 11.5. The summed E-state index contributed by atoms with van der Waals surface area (Å²) in [6, 6.07) is 0. The van der Waals surface area contributed by atoms with Crippen LogP contribution in [-0.2, 0) is 19.0 Å². The SMILES string of the molecule is CCOC(OCC)C(=O)OCCCCO. The van der Waals surface area contributed by atoms with Crippen molar-refractivity contribution in [2.45, 2.75) is 33.0 Å². The zero-order valence-electron chi connectivity index (χ0n) is 9.40. The number of hydrogen-bond donors (Lipinski definition) is 1. The van der Waals surface area contributed by atoms with Crippen LogP contribution >= 0.6 is 0 Å². The number of aliphatic hydroxyl groups excluding tert-OH is 1. The average molecular weight is 220 g/mol. The van der Waals surface area contributed by atoms with Crippen molar-refractivity contribution in [1.29, 1.82) is 0 Å². The minimum Gasteiger partial charge on any atom is -0.462 e. The number of rotatable bonds is 9. The zero-order valence-corrected chi connectivity index (χ0v) is 9.40. The number of hydrogen-bond acceptors (Lipinski definition) is 5. The van der Waals surface area contributed by atoms with Gasteiger partial charge >= 0.3 is 5.97 Å². The van der Waals surface area contributed by atoms with Gasteiger partial charge < -0.3 is 19.3 Å². The molecule has 0 spiro atoms. The number of ether oxygens (including phenoxy) is 3. The second-order valence-electron chi connectivity index (χ2n) is 2.84. The minimum atomic E-state index is -0.922. The van der Waals surface area contributed by atoms with Crippen molar-refractivity contribution in [1.82, 2.24) is 0 Å². The van der Waals surface area contributed by atoms with Crippen LogP contribution in [0.3, 0.4) is 0 Å². The maximum Gasteiger partial charge on any atom is 0.363 e. The van der Waals surface area contributed by atoms with Crippen LogP contribution in [0, 0.1) is 0 Å². The van der Waals surface area contributed by atoms with Gasteiger partial charge in [0.15, 0.2) is 0 Å². The molecule has 0 heterocycles. The van der Waals surface area contributed by atoms with Crippen LogP contribution < -0.4 is 0 Å². The molecule has 0 saturated carbocycles. The van der Waals surface area contributed by atoms with E-state index in [0.29, 0.717) is 26.1 Å². The lowest BCUT2D eigenvalue weighted by Crippen LogP contribution is -2.29. The van der Waals surface area contributed by atoms with Crippen LogP contribution in [0.5, 0.6) is 0 Å². The van der Waals surface area contributed by atoms with Gasteiger partial charge in [-0.15, -0.1) is 0 Å². The Bertz CT molecular complexity index is 154. The maximum atomic E-state index is 11.4. The van der Waals surface area contributed by atoms with Crippen molar-refractivity contribution in [2.75, 3.05) is 26.4 Å². The third-order valence-electron chi connectivity index (χ3n) is 1.63. The van der Waals surface area contributed by atoms with Crippen molar-refractivity contribution >= 4 is 5.97 Å². The smallest absolute Gasteiger partial charge is 0.363 e. The highest BCUT2D eigenvalue weighted by Crippen LogP contribution is 2.00. The van der Waals surface area contributed by atoms with Crippen LogP contribution in [0.15, 0.2) is 0 Å². The topological polar surface area (TPSA) is 65.0 Å². The Morgan fingerprint density at radius 2 is 1.80 bits per heavy atom. The van der Waals surface area contributed by atoms with Gasteiger partial charge in [0.05, 0.1) is 6.61 Å². The first-order valence-electron chi connectivity index (χ1n) is 5.26. The summed E-state index contributed by atoms with van der Waals surface area (Å²) in [4.78, 5) is 11.4. The van der Waals surface area contributed by atoms with E-state index in [1.54, 1.807) is 13.8 Å². The summed E-state index contributed by atoms with van der Waals surface area (Å²) >= 11 is 0. The molecule has 1 N–H and O–H groups in total. The molecule has 15 heavy (non-hydrogen) atoms. The number of carbonyl (C=O) groups excluding carboxylic acids is 1. The van der Waals surface area contributed by atoms with Gasteiger partial charge in [-0.2, -0.15) is 0 Å². The highest BCUT2D eigenvalue weighted by molar-refractivity contribution is 5.73. The van der Waals surface area contributed by atoms with Gasteiger partial charge in [0.1, 0.15) is 0 Å². The van der Waals surface area contributed by atoms with E-state index < -0.39 is 12.3 Å². The molecule has 0 aromatic heterocycles. The molecular formula is C10H20O5. The predicted octanol–water partition coefficient (Wildman–Crippen LogP) is 0.701. The molecule has 0 aromatic carbocycles. The Hall–Kier alpha value is -0.650. The van der Waals surface area contributed by atoms with E-state index in [-0.39, 0.29) is 13.2 Å². The quantitative estimate of drug-likeness (QED) is 0.352. The highest BCUT2D eigenvalue weighted by atomic mass is 16.7. The number of unbranched alkanes of at least 4 members (excludes halogenated alkanes) is 1. The summed E-state index contributed by atoms with van der Waals surface area (Å²) in [6.07, 6.45) is 0.350. The summed E-state index contributed by atoms with van der Waals surface area (Å²) < 4.78 is 15.0. The molecule has 5 nitrogen and oxygen atoms in total. The molecule has 0 saturated heterocycles. The van der Waals surface area contributed by atoms with Crippen LogP contribution in [0.4, 0.5) is 0 Å². The first-order valence-corrected chi connectivity index (χ1v) is 5.26. The summed E-state index contributed by atoms with van der Waals surface area (Å²) in [6.45, 7) is 4.76. The monoisotopic (exact) mass is 220 g/mol. The van der Waals surface area contributed by atoms with Gasteiger partial charge in [-0.3, -0.25) is 0 Å². The van der Waals surface area contributed by atoms with Crippen molar-refractivity contribution in [3.05, 3.63) is 0 Å². The van der Waals surface area contributed by atoms with E-state index in [0.717, 1.165) is 0 Å². The standard InChI is InChI=1S/C10H20O5/c1-3-13-10(14-4-2)9(12)15-8-6-5-7-11/h10-11H,3-8H2,1-2H3. The molecular weight excluding hydrogens is 200 g/mol. The fourth-order valence-corrected chi connectivity index (χ4v) is 0.942. The van der Waals surface area contributed by atoms with Crippen molar-refractivity contribution in [3.63, 3.8) is 0 Å². The average Bonchev–Trinajstić information content (AvgIpc) is 2.24. The highest BCUT2D eigenvalue weighted by Gasteiger charge is 2.19. The number of aliphatic hydroxyl groups is 1. The first-order chi connectivity index (χ1) is 7.26. The maximum absolute atomic E-state index is 11.4. The Kier molecular flexibility index (Phi) is 9.46. The number of carbonyl (C=O) groups is 1. The molecule has 0 atom stereocenters. The Balaban J connectivity index is 3.70. The lowest BCUT2D eigenvalue weighted by Gasteiger charge is -2.15. The van der Waals surface area contributed by atoms with E-state index >= 15 is 0 Å². The lowest BCUT2D eigenvalue weighted by molar-refractivity contribution is -0.193. The predicted molar refractivity (Wildman–Crippen MR) is 54.3 cm³/mol. The van der Waals surface area contributed by atoms with Crippen molar-refractivity contribution in [3.8, 4) is 0 Å². The Morgan fingerprint density at radius 1 is 1.20 bits per heavy atom. The van der Waals surface area contributed by atoms with Crippen LogP contribution in [-0.4, -0.2) is 43.8 Å². The Labute approximate surface area is 90.3 Å². The fourth-order valence-electron chi connectivity index (χ4n) is 0.942. The van der Waals surface area contributed by atoms with Gasteiger partial charge in [0.2, 0.25) is 0 Å². The second kappa shape index (κ2) is 9.89. The summed E-state index contributed by atoms with van der Waals surface area (Å²) in [5.41, 5.74) is 0. The molecule has 0 aliphatic heterocycles. The second-order valence-corrected chi connectivity index (χ2v) is 2.84. The van der Waals surface area contributed by atoms with Gasteiger partial charge in [-0.05, 0) is 26.7 Å². The van der Waals surface area contributed by atoms with Crippen LogP contribution in [0.25, 0.3) is 0 Å². The molecule has 0 aliphatic carbocycles. The van der Waals surface area contributed by atoms with Crippen LogP contribution in [0.1, 0.15) is 26.7 Å². The fraction of sp³-hybridized carbons (Fsp3) is 0.900. The third kappa shape index (κ3) is 7.30. The third-order valence-corrected chi connectivity index (χ3v) is 1.63. The molecule has 0 unspecified atom stereocenters. The molecule has 0 rings (SSSR count).